The summed E-state index contributed by atoms with van der Waals surface area (Å²) in [5.74, 6) is 0.946. The zero-order valence-electron chi connectivity index (χ0n) is 16.9. The second-order valence-corrected chi connectivity index (χ2v) is 8.30. The molecule has 2 heterocycles. The largest absolute Gasteiger partial charge is 0.484 e. The molecule has 0 spiro atoms. The van der Waals surface area contributed by atoms with Gasteiger partial charge < -0.3 is 14.5 Å². The van der Waals surface area contributed by atoms with Crippen LogP contribution in [0.2, 0.25) is 15.1 Å². The first kappa shape index (κ1) is 22.3. The third-order valence-corrected chi connectivity index (χ3v) is 5.44. The topological polar surface area (TPSA) is 69.3 Å². The van der Waals surface area contributed by atoms with Crippen LogP contribution in [0.25, 0.3) is 0 Å². The molecule has 0 radical (unpaired) electrons. The summed E-state index contributed by atoms with van der Waals surface area (Å²) in [7, 11) is 0. The first-order valence-electron chi connectivity index (χ1n) is 9.64. The molecule has 0 unspecified atom stereocenters. The fraction of sp³-hybridized carbons (Fsp3) is 0.130. The van der Waals surface area contributed by atoms with E-state index >= 15 is 0 Å². The number of nitrogens with one attached hydrogen (secondary N) is 1. The standard InChI is InChI=1S/C23H18Cl3N3O3/c1-14-3-2-4-18(25)21(14)31-13-17-9-10-20(32-17)23(30)27-22-19(26)12-29(28-22)11-15-5-7-16(24)8-6-15/h2-10,12H,11,13H2,1H3,(H,27,28,30). The molecule has 1 amide bonds. The van der Waals surface area contributed by atoms with Gasteiger partial charge in [0.1, 0.15) is 23.1 Å². The number of aromatic nitrogens is 2. The van der Waals surface area contributed by atoms with Crippen LogP contribution in [-0.4, -0.2) is 15.7 Å². The number of benzene rings is 2. The Labute approximate surface area is 199 Å². The monoisotopic (exact) mass is 489 g/mol. The highest BCUT2D eigenvalue weighted by molar-refractivity contribution is 6.33. The molecule has 0 aliphatic carbocycles. The summed E-state index contributed by atoms with van der Waals surface area (Å²) in [6, 6.07) is 16.1. The minimum absolute atomic E-state index is 0.114. The summed E-state index contributed by atoms with van der Waals surface area (Å²) in [5.41, 5.74) is 1.90. The number of anilines is 1. The van der Waals surface area contributed by atoms with Gasteiger partial charge in [-0.1, -0.05) is 59.1 Å². The number of nitrogens with zero attached hydrogens (tertiary/aromatic N) is 2. The van der Waals surface area contributed by atoms with Gasteiger partial charge in [0, 0.05) is 11.2 Å². The number of ether oxygens (including phenoxy) is 1. The lowest BCUT2D eigenvalue weighted by molar-refractivity contribution is 0.0992. The van der Waals surface area contributed by atoms with Crippen molar-refractivity contribution in [1.82, 2.24) is 9.78 Å². The van der Waals surface area contributed by atoms with Gasteiger partial charge in [-0.2, -0.15) is 5.10 Å². The van der Waals surface area contributed by atoms with Crippen molar-refractivity contribution in [3.63, 3.8) is 0 Å². The molecule has 1 N–H and O–H groups in total. The van der Waals surface area contributed by atoms with Gasteiger partial charge in [-0.15, -0.1) is 0 Å². The van der Waals surface area contributed by atoms with E-state index in [2.05, 4.69) is 10.4 Å². The lowest BCUT2D eigenvalue weighted by Crippen LogP contribution is -2.12. The Balaban J connectivity index is 1.39. The molecule has 2 aromatic carbocycles. The number of aryl methyl sites for hydroxylation is 1. The van der Waals surface area contributed by atoms with Crippen LogP contribution >= 0.6 is 34.8 Å². The maximum atomic E-state index is 12.6. The Kier molecular flexibility index (Phi) is 6.74. The number of hydrogen-bond donors (Lipinski definition) is 1. The normalized spacial score (nSPS) is 10.9. The molecule has 9 heteroatoms. The number of rotatable bonds is 7. The summed E-state index contributed by atoms with van der Waals surface area (Å²) in [5, 5.41) is 8.49. The molecule has 2 aromatic heterocycles. The fourth-order valence-electron chi connectivity index (χ4n) is 3.03. The van der Waals surface area contributed by atoms with Crippen molar-refractivity contribution in [1.29, 1.82) is 0 Å². The predicted octanol–water partition coefficient (Wildman–Crippen LogP) is 6.62. The minimum atomic E-state index is -0.469. The Hall–Kier alpha value is -2.93. The maximum Gasteiger partial charge on any atom is 0.292 e. The molecule has 4 aromatic rings. The van der Waals surface area contributed by atoms with Crippen LogP contribution in [0, 0.1) is 6.92 Å². The van der Waals surface area contributed by atoms with Crippen LogP contribution in [-0.2, 0) is 13.2 Å². The van der Waals surface area contributed by atoms with Crippen LogP contribution in [0.3, 0.4) is 0 Å². The van der Waals surface area contributed by atoms with Gasteiger partial charge >= 0.3 is 0 Å². The molecule has 0 saturated carbocycles. The van der Waals surface area contributed by atoms with Gasteiger partial charge in [0.25, 0.3) is 5.91 Å². The molecule has 0 saturated heterocycles. The molecule has 32 heavy (non-hydrogen) atoms. The van der Waals surface area contributed by atoms with Gasteiger partial charge in [-0.3, -0.25) is 9.48 Å². The van der Waals surface area contributed by atoms with Crippen LogP contribution in [0.15, 0.2) is 65.2 Å². The van der Waals surface area contributed by atoms with Crippen molar-refractivity contribution in [3.05, 3.63) is 98.5 Å². The zero-order chi connectivity index (χ0) is 22.7. The molecular formula is C23H18Cl3N3O3. The van der Waals surface area contributed by atoms with E-state index in [-0.39, 0.29) is 18.2 Å². The molecule has 0 aliphatic heterocycles. The summed E-state index contributed by atoms with van der Waals surface area (Å²) in [6.07, 6.45) is 1.64. The van der Waals surface area contributed by atoms with Crippen LogP contribution in [0.4, 0.5) is 5.82 Å². The Morgan fingerprint density at radius 2 is 1.84 bits per heavy atom. The van der Waals surface area contributed by atoms with E-state index in [1.807, 2.05) is 31.2 Å². The van der Waals surface area contributed by atoms with E-state index in [0.717, 1.165) is 11.1 Å². The van der Waals surface area contributed by atoms with Crippen molar-refractivity contribution < 1.29 is 13.9 Å². The Morgan fingerprint density at radius 1 is 1.06 bits per heavy atom. The van der Waals surface area contributed by atoms with E-state index in [0.29, 0.717) is 33.1 Å². The molecule has 0 fully saturated rings. The van der Waals surface area contributed by atoms with Gasteiger partial charge in [0.2, 0.25) is 0 Å². The third kappa shape index (κ3) is 5.27. The quantitative estimate of drug-likeness (QED) is 0.316. The second kappa shape index (κ2) is 9.69. The number of carbonyl (C=O) groups is 1. The number of furan rings is 1. The first-order valence-corrected chi connectivity index (χ1v) is 10.8. The highest BCUT2D eigenvalue weighted by Gasteiger charge is 2.16. The van der Waals surface area contributed by atoms with Crippen LogP contribution in [0.1, 0.15) is 27.4 Å². The highest BCUT2D eigenvalue weighted by atomic mass is 35.5. The number of halogens is 3. The summed E-state index contributed by atoms with van der Waals surface area (Å²) in [4.78, 5) is 12.6. The maximum absolute atomic E-state index is 12.6. The summed E-state index contributed by atoms with van der Waals surface area (Å²) >= 11 is 18.3. The fourth-order valence-corrected chi connectivity index (χ4v) is 3.63. The zero-order valence-corrected chi connectivity index (χ0v) is 19.2. The molecule has 0 aliphatic rings. The minimum Gasteiger partial charge on any atom is -0.484 e. The van der Waals surface area contributed by atoms with Crippen LogP contribution in [0.5, 0.6) is 5.75 Å². The van der Waals surface area contributed by atoms with E-state index in [4.69, 9.17) is 44.0 Å². The number of amides is 1. The Morgan fingerprint density at radius 3 is 2.59 bits per heavy atom. The van der Waals surface area contributed by atoms with E-state index in [1.165, 1.54) is 0 Å². The van der Waals surface area contributed by atoms with Crippen molar-refractivity contribution in [2.24, 2.45) is 0 Å². The van der Waals surface area contributed by atoms with E-state index in [9.17, 15) is 4.79 Å². The van der Waals surface area contributed by atoms with Gasteiger partial charge in [-0.05, 0) is 48.4 Å². The number of carbonyl (C=O) groups excluding carboxylic acids is 1. The Bertz CT molecular complexity index is 1230. The summed E-state index contributed by atoms with van der Waals surface area (Å²) < 4.78 is 13.0. The van der Waals surface area contributed by atoms with Crippen molar-refractivity contribution in [3.8, 4) is 5.75 Å². The average Bonchev–Trinajstić information content (AvgIpc) is 3.36. The SMILES string of the molecule is Cc1cccc(Cl)c1OCc1ccc(C(=O)Nc2nn(Cc3ccc(Cl)cc3)cc2Cl)o1. The second-order valence-electron chi connectivity index (χ2n) is 7.04. The highest BCUT2D eigenvalue weighted by Crippen LogP contribution is 2.29. The molecule has 6 nitrogen and oxygen atoms in total. The molecule has 164 valence electrons. The molecular weight excluding hydrogens is 473 g/mol. The third-order valence-electron chi connectivity index (χ3n) is 4.61. The van der Waals surface area contributed by atoms with Crippen LogP contribution < -0.4 is 10.1 Å². The predicted molar refractivity (Wildman–Crippen MR) is 125 cm³/mol. The van der Waals surface area contributed by atoms with E-state index < -0.39 is 5.91 Å². The lowest BCUT2D eigenvalue weighted by atomic mass is 10.2. The van der Waals surface area contributed by atoms with E-state index in [1.54, 1.807) is 41.2 Å². The van der Waals surface area contributed by atoms with Crippen molar-refractivity contribution >= 4 is 46.5 Å². The molecule has 0 atom stereocenters. The van der Waals surface area contributed by atoms with Gasteiger partial charge in [0.05, 0.1) is 11.6 Å². The van der Waals surface area contributed by atoms with Gasteiger partial charge in [-0.25, -0.2) is 0 Å². The average molecular weight is 491 g/mol. The molecule has 4 rings (SSSR count). The number of hydrogen-bond acceptors (Lipinski definition) is 4. The smallest absolute Gasteiger partial charge is 0.292 e. The van der Waals surface area contributed by atoms with Crippen molar-refractivity contribution in [2.45, 2.75) is 20.1 Å². The lowest BCUT2D eigenvalue weighted by Gasteiger charge is -2.09. The number of para-hydroxylation sites is 1. The molecule has 0 bridgehead atoms. The van der Waals surface area contributed by atoms with Crippen molar-refractivity contribution in [2.75, 3.05) is 5.32 Å². The van der Waals surface area contributed by atoms with Gasteiger partial charge in [0.15, 0.2) is 11.6 Å². The first-order chi connectivity index (χ1) is 15.4. The summed E-state index contributed by atoms with van der Waals surface area (Å²) in [6.45, 7) is 2.52.